The van der Waals surface area contributed by atoms with Crippen LogP contribution in [0.25, 0.3) is 0 Å². The standard InChI is InChI=1S/C10H16N2O/c1-3-5-10(13,4-2)9-6-11-8-12-7-9/h6-8,13H,3-5H2,1-2H3. The predicted octanol–water partition coefficient (Wildman–Crippen LogP) is 1.87. The summed E-state index contributed by atoms with van der Waals surface area (Å²) < 4.78 is 0. The molecule has 0 radical (unpaired) electrons. The SMILES string of the molecule is CCCC(O)(CC)c1cncnc1. The van der Waals surface area contributed by atoms with Gasteiger partial charge in [0.1, 0.15) is 6.33 Å². The molecule has 13 heavy (non-hydrogen) atoms. The minimum absolute atomic E-state index is 0.703. The predicted molar refractivity (Wildman–Crippen MR) is 51.1 cm³/mol. The molecule has 0 spiro atoms. The molecule has 0 amide bonds. The van der Waals surface area contributed by atoms with Crippen molar-refractivity contribution in [3.05, 3.63) is 24.3 Å². The molecule has 0 aliphatic heterocycles. The van der Waals surface area contributed by atoms with E-state index in [2.05, 4.69) is 16.9 Å². The van der Waals surface area contributed by atoms with E-state index in [9.17, 15) is 5.11 Å². The lowest BCUT2D eigenvalue weighted by Crippen LogP contribution is -2.24. The molecule has 1 heterocycles. The van der Waals surface area contributed by atoms with Crippen molar-refractivity contribution in [3.8, 4) is 0 Å². The van der Waals surface area contributed by atoms with E-state index in [-0.39, 0.29) is 0 Å². The molecule has 1 atom stereocenters. The second-order valence-corrected chi connectivity index (χ2v) is 3.26. The maximum absolute atomic E-state index is 10.2. The van der Waals surface area contributed by atoms with Crippen molar-refractivity contribution in [2.75, 3.05) is 0 Å². The Balaban J connectivity index is 2.89. The monoisotopic (exact) mass is 180 g/mol. The van der Waals surface area contributed by atoms with Gasteiger partial charge in [-0.15, -0.1) is 0 Å². The van der Waals surface area contributed by atoms with Gasteiger partial charge >= 0.3 is 0 Å². The Morgan fingerprint density at radius 3 is 2.38 bits per heavy atom. The van der Waals surface area contributed by atoms with Crippen LogP contribution in [0.1, 0.15) is 38.7 Å². The van der Waals surface area contributed by atoms with Crippen LogP contribution in [0.5, 0.6) is 0 Å². The van der Waals surface area contributed by atoms with Gasteiger partial charge in [0.15, 0.2) is 0 Å². The zero-order valence-electron chi connectivity index (χ0n) is 8.20. The van der Waals surface area contributed by atoms with E-state index < -0.39 is 5.60 Å². The Kier molecular flexibility index (Phi) is 3.37. The summed E-state index contributed by atoms with van der Waals surface area (Å²) in [7, 11) is 0. The number of hydrogen-bond donors (Lipinski definition) is 1. The third kappa shape index (κ3) is 2.25. The van der Waals surface area contributed by atoms with Crippen LogP contribution in [0.3, 0.4) is 0 Å². The van der Waals surface area contributed by atoms with E-state index in [4.69, 9.17) is 0 Å². The molecule has 1 unspecified atom stereocenters. The van der Waals surface area contributed by atoms with Gasteiger partial charge < -0.3 is 5.11 Å². The number of nitrogens with zero attached hydrogens (tertiary/aromatic N) is 2. The summed E-state index contributed by atoms with van der Waals surface area (Å²) in [5.74, 6) is 0. The number of rotatable bonds is 4. The zero-order valence-corrected chi connectivity index (χ0v) is 8.20. The van der Waals surface area contributed by atoms with E-state index in [0.29, 0.717) is 6.42 Å². The first-order valence-corrected chi connectivity index (χ1v) is 4.71. The Bertz CT molecular complexity index is 250. The third-order valence-corrected chi connectivity index (χ3v) is 2.35. The molecule has 0 aliphatic carbocycles. The van der Waals surface area contributed by atoms with Crippen LogP contribution in [0.15, 0.2) is 18.7 Å². The van der Waals surface area contributed by atoms with Gasteiger partial charge in [0, 0.05) is 18.0 Å². The van der Waals surface area contributed by atoms with E-state index in [1.165, 1.54) is 6.33 Å². The summed E-state index contributed by atoms with van der Waals surface area (Å²) in [6, 6.07) is 0. The van der Waals surface area contributed by atoms with Gasteiger partial charge in [-0.3, -0.25) is 0 Å². The van der Waals surface area contributed by atoms with Crippen LogP contribution in [0.4, 0.5) is 0 Å². The lowest BCUT2D eigenvalue weighted by Gasteiger charge is -2.25. The highest BCUT2D eigenvalue weighted by Crippen LogP contribution is 2.28. The van der Waals surface area contributed by atoms with Gasteiger partial charge in [-0.1, -0.05) is 20.3 Å². The molecule has 0 bridgehead atoms. The van der Waals surface area contributed by atoms with Crippen LogP contribution >= 0.6 is 0 Å². The molecule has 1 aromatic heterocycles. The third-order valence-electron chi connectivity index (χ3n) is 2.35. The second-order valence-electron chi connectivity index (χ2n) is 3.26. The summed E-state index contributed by atoms with van der Waals surface area (Å²) in [4.78, 5) is 7.82. The van der Waals surface area contributed by atoms with Gasteiger partial charge in [0.25, 0.3) is 0 Å². The van der Waals surface area contributed by atoms with Crippen molar-refractivity contribution >= 4 is 0 Å². The quantitative estimate of drug-likeness (QED) is 0.769. The van der Waals surface area contributed by atoms with Crippen LogP contribution < -0.4 is 0 Å². The molecular weight excluding hydrogens is 164 g/mol. The van der Waals surface area contributed by atoms with Gasteiger partial charge in [-0.05, 0) is 12.8 Å². The summed E-state index contributed by atoms with van der Waals surface area (Å²) in [5, 5.41) is 10.2. The highest BCUT2D eigenvalue weighted by Gasteiger charge is 2.26. The molecule has 0 aromatic carbocycles. The Morgan fingerprint density at radius 2 is 1.92 bits per heavy atom. The largest absolute Gasteiger partial charge is 0.385 e. The molecule has 1 rings (SSSR count). The lowest BCUT2D eigenvalue weighted by atomic mass is 9.89. The maximum atomic E-state index is 10.2. The molecule has 3 heteroatoms. The minimum Gasteiger partial charge on any atom is -0.385 e. The first kappa shape index (κ1) is 10.1. The summed E-state index contributed by atoms with van der Waals surface area (Å²) in [6.07, 6.45) is 7.27. The molecule has 0 saturated heterocycles. The van der Waals surface area contributed by atoms with E-state index >= 15 is 0 Å². The molecule has 0 aliphatic rings. The highest BCUT2D eigenvalue weighted by atomic mass is 16.3. The van der Waals surface area contributed by atoms with Gasteiger partial charge in [0.2, 0.25) is 0 Å². The average molecular weight is 180 g/mol. The van der Waals surface area contributed by atoms with Crippen molar-refractivity contribution in [2.24, 2.45) is 0 Å². The summed E-state index contributed by atoms with van der Waals surface area (Å²) in [5.41, 5.74) is 0.0788. The number of aromatic nitrogens is 2. The highest BCUT2D eigenvalue weighted by molar-refractivity contribution is 5.13. The second kappa shape index (κ2) is 4.33. The average Bonchev–Trinajstić information content (AvgIpc) is 2.19. The molecule has 1 N–H and O–H groups in total. The Morgan fingerprint density at radius 1 is 1.31 bits per heavy atom. The van der Waals surface area contributed by atoms with E-state index in [0.717, 1.165) is 18.4 Å². The zero-order chi connectivity index (χ0) is 9.73. The van der Waals surface area contributed by atoms with Crippen LogP contribution in [-0.4, -0.2) is 15.1 Å². The molecule has 0 saturated carbocycles. The Hall–Kier alpha value is -0.960. The Labute approximate surface area is 78.9 Å². The fraction of sp³-hybridized carbons (Fsp3) is 0.600. The van der Waals surface area contributed by atoms with Crippen LogP contribution in [0.2, 0.25) is 0 Å². The fourth-order valence-corrected chi connectivity index (χ4v) is 1.48. The van der Waals surface area contributed by atoms with Crippen molar-refractivity contribution in [3.63, 3.8) is 0 Å². The topological polar surface area (TPSA) is 46.0 Å². The molecular formula is C10H16N2O. The van der Waals surface area contributed by atoms with Crippen LogP contribution in [0, 0.1) is 0 Å². The fourth-order valence-electron chi connectivity index (χ4n) is 1.48. The number of hydrogen-bond acceptors (Lipinski definition) is 3. The first-order valence-electron chi connectivity index (χ1n) is 4.71. The molecule has 0 fully saturated rings. The van der Waals surface area contributed by atoms with Crippen molar-refractivity contribution in [1.82, 2.24) is 9.97 Å². The minimum atomic E-state index is -0.740. The lowest BCUT2D eigenvalue weighted by molar-refractivity contribution is 0.0219. The van der Waals surface area contributed by atoms with E-state index in [1.807, 2.05) is 6.92 Å². The normalized spacial score (nSPS) is 15.3. The molecule has 3 nitrogen and oxygen atoms in total. The molecule has 1 aromatic rings. The van der Waals surface area contributed by atoms with Crippen LogP contribution in [-0.2, 0) is 5.60 Å². The smallest absolute Gasteiger partial charge is 0.115 e. The summed E-state index contributed by atoms with van der Waals surface area (Å²) in [6.45, 7) is 4.03. The van der Waals surface area contributed by atoms with E-state index in [1.54, 1.807) is 12.4 Å². The summed E-state index contributed by atoms with van der Waals surface area (Å²) >= 11 is 0. The molecule has 72 valence electrons. The van der Waals surface area contributed by atoms with Crippen molar-refractivity contribution in [1.29, 1.82) is 0 Å². The van der Waals surface area contributed by atoms with Gasteiger partial charge in [0.05, 0.1) is 5.60 Å². The first-order chi connectivity index (χ1) is 6.23. The van der Waals surface area contributed by atoms with Gasteiger partial charge in [-0.2, -0.15) is 0 Å². The van der Waals surface area contributed by atoms with Crippen molar-refractivity contribution < 1.29 is 5.11 Å². The number of aliphatic hydroxyl groups is 1. The van der Waals surface area contributed by atoms with Gasteiger partial charge in [-0.25, -0.2) is 9.97 Å². The van der Waals surface area contributed by atoms with Crippen molar-refractivity contribution in [2.45, 2.75) is 38.7 Å². The maximum Gasteiger partial charge on any atom is 0.115 e.